The van der Waals surface area contributed by atoms with E-state index in [1.54, 1.807) is 11.4 Å². The summed E-state index contributed by atoms with van der Waals surface area (Å²) < 4.78 is 26.3. The molecule has 2 rings (SSSR count). The predicted octanol–water partition coefficient (Wildman–Crippen LogP) is 1.02. The predicted molar refractivity (Wildman–Crippen MR) is 122 cm³/mol. The van der Waals surface area contributed by atoms with E-state index in [1.807, 2.05) is 11.8 Å². The molecule has 2 N–H and O–H groups in total. The van der Waals surface area contributed by atoms with Crippen LogP contribution >= 0.6 is 35.7 Å². The van der Waals surface area contributed by atoms with Crippen LogP contribution in [0.3, 0.4) is 0 Å². The number of aliphatic imine (C=N–C) groups is 1. The SMILES string of the molecule is CCCN1CCC(NC(=NC)NCCS(=O)(=O)N2CCSCC2)CC1.I. The van der Waals surface area contributed by atoms with Crippen LogP contribution in [0.2, 0.25) is 0 Å². The van der Waals surface area contributed by atoms with Gasteiger partial charge in [-0.05, 0) is 25.8 Å². The second-order valence-electron chi connectivity index (χ2n) is 6.59. The summed E-state index contributed by atoms with van der Waals surface area (Å²) in [7, 11) is -1.43. The van der Waals surface area contributed by atoms with Crippen molar-refractivity contribution in [2.24, 2.45) is 4.99 Å². The van der Waals surface area contributed by atoms with Crippen LogP contribution < -0.4 is 10.6 Å². The van der Waals surface area contributed by atoms with Gasteiger partial charge in [0.05, 0.1) is 5.75 Å². The first kappa shape index (κ1) is 24.3. The van der Waals surface area contributed by atoms with Gasteiger partial charge in [0, 0.05) is 57.3 Å². The molecule has 2 saturated heterocycles. The summed E-state index contributed by atoms with van der Waals surface area (Å²) in [6.07, 6.45) is 3.40. The van der Waals surface area contributed by atoms with Crippen molar-refractivity contribution in [1.29, 1.82) is 0 Å². The molecule has 7 nitrogen and oxygen atoms in total. The smallest absolute Gasteiger partial charge is 0.215 e. The standard InChI is InChI=1S/C16H33N5O2S2.HI/c1-3-7-20-8-4-15(5-9-20)19-16(17-2)18-6-14-25(22,23)21-10-12-24-13-11-21;/h15H,3-14H2,1-2H3,(H2,17,18,19);1H. The topological polar surface area (TPSA) is 77.0 Å². The summed E-state index contributed by atoms with van der Waals surface area (Å²) in [6, 6.07) is 0.412. The lowest BCUT2D eigenvalue weighted by molar-refractivity contribution is 0.206. The van der Waals surface area contributed by atoms with E-state index < -0.39 is 10.0 Å². The van der Waals surface area contributed by atoms with Crippen LogP contribution in [0.1, 0.15) is 26.2 Å². The Labute approximate surface area is 180 Å². The number of likely N-dealkylation sites (tertiary alicyclic amines) is 1. The number of halogens is 1. The van der Waals surface area contributed by atoms with E-state index in [-0.39, 0.29) is 29.7 Å². The van der Waals surface area contributed by atoms with E-state index in [0.717, 1.165) is 37.4 Å². The Morgan fingerprint density at radius 2 is 1.85 bits per heavy atom. The Bertz CT molecular complexity index is 519. The van der Waals surface area contributed by atoms with E-state index in [4.69, 9.17) is 0 Å². The normalized spacial score (nSPS) is 21.2. The van der Waals surface area contributed by atoms with Gasteiger partial charge >= 0.3 is 0 Å². The Kier molecular flexibility index (Phi) is 11.8. The van der Waals surface area contributed by atoms with Crippen molar-refractivity contribution in [2.45, 2.75) is 32.2 Å². The van der Waals surface area contributed by atoms with Gasteiger partial charge in [-0.2, -0.15) is 11.8 Å². The molecule has 0 aromatic carbocycles. The van der Waals surface area contributed by atoms with Crippen LogP contribution in [0.15, 0.2) is 4.99 Å². The van der Waals surface area contributed by atoms with Gasteiger partial charge in [0.15, 0.2) is 5.96 Å². The highest BCUT2D eigenvalue weighted by molar-refractivity contribution is 14.0. The average Bonchev–Trinajstić information content (AvgIpc) is 2.63. The molecule has 2 aliphatic heterocycles. The second kappa shape index (κ2) is 12.6. The van der Waals surface area contributed by atoms with Crippen molar-refractivity contribution in [3.05, 3.63) is 0 Å². The van der Waals surface area contributed by atoms with Crippen LogP contribution in [0, 0.1) is 0 Å². The molecule has 2 aliphatic rings. The number of hydrogen-bond acceptors (Lipinski definition) is 5. The molecule has 154 valence electrons. The van der Waals surface area contributed by atoms with Crippen molar-refractivity contribution in [1.82, 2.24) is 19.8 Å². The van der Waals surface area contributed by atoms with Gasteiger partial charge in [-0.15, -0.1) is 24.0 Å². The van der Waals surface area contributed by atoms with Crippen LogP contribution in [-0.4, -0.2) is 93.2 Å². The van der Waals surface area contributed by atoms with E-state index in [1.165, 1.54) is 13.0 Å². The van der Waals surface area contributed by atoms with E-state index >= 15 is 0 Å². The monoisotopic (exact) mass is 519 g/mol. The fraction of sp³-hybridized carbons (Fsp3) is 0.938. The van der Waals surface area contributed by atoms with Crippen molar-refractivity contribution in [3.8, 4) is 0 Å². The quantitative estimate of drug-likeness (QED) is 0.297. The highest BCUT2D eigenvalue weighted by atomic mass is 127. The minimum atomic E-state index is -3.17. The molecule has 0 radical (unpaired) electrons. The molecule has 26 heavy (non-hydrogen) atoms. The van der Waals surface area contributed by atoms with E-state index in [9.17, 15) is 8.42 Å². The minimum absolute atomic E-state index is 0. The van der Waals surface area contributed by atoms with Gasteiger partial charge in [-0.3, -0.25) is 4.99 Å². The Morgan fingerprint density at radius 1 is 1.19 bits per heavy atom. The van der Waals surface area contributed by atoms with Crippen LogP contribution in [0.4, 0.5) is 0 Å². The zero-order valence-electron chi connectivity index (χ0n) is 15.9. The fourth-order valence-electron chi connectivity index (χ4n) is 3.26. The van der Waals surface area contributed by atoms with Crippen molar-refractivity contribution < 1.29 is 8.42 Å². The molecule has 0 amide bonds. The number of sulfonamides is 1. The molecular formula is C16H34IN5O2S2. The summed E-state index contributed by atoms with van der Waals surface area (Å²) in [4.78, 5) is 6.74. The summed E-state index contributed by atoms with van der Waals surface area (Å²) >= 11 is 1.82. The van der Waals surface area contributed by atoms with Gasteiger partial charge < -0.3 is 15.5 Å². The van der Waals surface area contributed by atoms with Gasteiger partial charge in [-0.1, -0.05) is 6.92 Å². The maximum atomic E-state index is 12.4. The molecule has 0 aromatic rings. The molecule has 2 fully saturated rings. The molecule has 10 heteroatoms. The summed E-state index contributed by atoms with van der Waals surface area (Å²) in [6.45, 7) is 7.28. The summed E-state index contributed by atoms with van der Waals surface area (Å²) in [5, 5.41) is 6.60. The molecule has 2 heterocycles. The highest BCUT2D eigenvalue weighted by Gasteiger charge is 2.24. The molecule has 0 aromatic heterocycles. The van der Waals surface area contributed by atoms with E-state index in [0.29, 0.717) is 31.6 Å². The highest BCUT2D eigenvalue weighted by Crippen LogP contribution is 2.13. The van der Waals surface area contributed by atoms with Gasteiger partial charge in [0.1, 0.15) is 0 Å². The molecule has 0 aliphatic carbocycles. The van der Waals surface area contributed by atoms with Gasteiger partial charge in [0.25, 0.3) is 0 Å². The third kappa shape index (κ3) is 8.07. The number of hydrogen-bond donors (Lipinski definition) is 2. The lowest BCUT2D eigenvalue weighted by atomic mass is 10.1. The number of nitrogens with zero attached hydrogens (tertiary/aromatic N) is 3. The van der Waals surface area contributed by atoms with Crippen LogP contribution in [-0.2, 0) is 10.0 Å². The lowest BCUT2D eigenvalue weighted by Crippen LogP contribution is -2.50. The number of rotatable bonds is 7. The van der Waals surface area contributed by atoms with Crippen molar-refractivity contribution in [2.75, 3.05) is 63.6 Å². The largest absolute Gasteiger partial charge is 0.355 e. The van der Waals surface area contributed by atoms with Crippen molar-refractivity contribution in [3.63, 3.8) is 0 Å². The number of guanidine groups is 1. The Hall–Kier alpha value is 0.220. The number of piperidine rings is 1. The van der Waals surface area contributed by atoms with Crippen LogP contribution in [0.25, 0.3) is 0 Å². The zero-order chi connectivity index (χ0) is 18.1. The summed E-state index contributed by atoms with van der Waals surface area (Å²) in [5.74, 6) is 2.62. The Balaban J connectivity index is 0.00000338. The fourth-order valence-corrected chi connectivity index (χ4v) is 5.75. The van der Waals surface area contributed by atoms with E-state index in [2.05, 4.69) is 27.4 Å². The zero-order valence-corrected chi connectivity index (χ0v) is 19.9. The Morgan fingerprint density at radius 3 is 2.42 bits per heavy atom. The third-order valence-corrected chi connectivity index (χ3v) is 7.52. The first-order valence-electron chi connectivity index (χ1n) is 9.30. The maximum absolute atomic E-state index is 12.4. The number of nitrogens with one attached hydrogen (secondary N) is 2. The molecule has 0 unspecified atom stereocenters. The molecular weight excluding hydrogens is 485 g/mol. The second-order valence-corrected chi connectivity index (χ2v) is 9.90. The van der Waals surface area contributed by atoms with Crippen LogP contribution in [0.5, 0.6) is 0 Å². The number of thioether (sulfide) groups is 1. The summed E-state index contributed by atoms with van der Waals surface area (Å²) in [5.41, 5.74) is 0. The molecule has 0 atom stereocenters. The van der Waals surface area contributed by atoms with Crippen molar-refractivity contribution >= 4 is 51.7 Å². The maximum Gasteiger partial charge on any atom is 0.215 e. The first-order chi connectivity index (χ1) is 12.0. The average molecular weight is 520 g/mol. The first-order valence-corrected chi connectivity index (χ1v) is 12.1. The molecule has 0 saturated carbocycles. The van der Waals surface area contributed by atoms with Gasteiger partial charge in [-0.25, -0.2) is 12.7 Å². The molecule has 0 bridgehead atoms. The minimum Gasteiger partial charge on any atom is -0.355 e. The molecule has 0 spiro atoms. The van der Waals surface area contributed by atoms with Gasteiger partial charge in [0.2, 0.25) is 10.0 Å². The lowest BCUT2D eigenvalue weighted by Gasteiger charge is -2.32. The third-order valence-electron chi connectivity index (χ3n) is 4.71.